The highest BCUT2D eigenvalue weighted by Crippen LogP contribution is 2.06. The molecule has 0 fully saturated rings. The lowest BCUT2D eigenvalue weighted by Crippen LogP contribution is -2.22. The van der Waals surface area contributed by atoms with E-state index in [1.807, 2.05) is 0 Å². The predicted molar refractivity (Wildman–Crippen MR) is 51.4 cm³/mol. The summed E-state index contributed by atoms with van der Waals surface area (Å²) in [6, 6.07) is 3.39. The van der Waals surface area contributed by atoms with E-state index in [4.69, 9.17) is 9.15 Å². The van der Waals surface area contributed by atoms with Gasteiger partial charge < -0.3 is 9.15 Å². The van der Waals surface area contributed by atoms with Gasteiger partial charge >= 0.3 is 5.97 Å². The Morgan fingerprint density at radius 2 is 2.21 bits per heavy atom. The maximum Gasteiger partial charge on any atom is 0.385 e. The van der Waals surface area contributed by atoms with E-state index in [1.165, 1.54) is 6.26 Å². The first-order valence-electron chi connectivity index (χ1n) is 4.26. The van der Waals surface area contributed by atoms with Crippen LogP contribution in [-0.4, -0.2) is 11.6 Å². The van der Waals surface area contributed by atoms with Crippen LogP contribution in [0.5, 0.6) is 0 Å². The van der Waals surface area contributed by atoms with Crippen LogP contribution >= 0.6 is 0 Å². The molecule has 0 aliphatic carbocycles. The van der Waals surface area contributed by atoms with Crippen molar-refractivity contribution in [3.05, 3.63) is 24.2 Å². The van der Waals surface area contributed by atoms with Crippen LogP contribution in [0.1, 0.15) is 26.5 Å². The van der Waals surface area contributed by atoms with E-state index in [9.17, 15) is 4.79 Å². The number of hydrogen-bond acceptors (Lipinski definition) is 3. The Balaban J connectivity index is 2.57. The van der Waals surface area contributed by atoms with Crippen molar-refractivity contribution in [2.24, 2.45) is 0 Å². The summed E-state index contributed by atoms with van der Waals surface area (Å²) in [6.07, 6.45) is 1.50. The van der Waals surface area contributed by atoms with Crippen LogP contribution in [0.25, 0.3) is 0 Å². The molecule has 0 amide bonds. The molecule has 0 aromatic carbocycles. The second-order valence-electron chi connectivity index (χ2n) is 3.73. The van der Waals surface area contributed by atoms with Crippen molar-refractivity contribution in [3.8, 4) is 11.8 Å². The summed E-state index contributed by atoms with van der Waals surface area (Å²) in [4.78, 5) is 11.1. The van der Waals surface area contributed by atoms with E-state index in [0.29, 0.717) is 5.76 Å². The zero-order valence-corrected chi connectivity index (χ0v) is 8.46. The molecule has 74 valence electrons. The Kier molecular flexibility index (Phi) is 2.98. The van der Waals surface area contributed by atoms with Gasteiger partial charge in [0.05, 0.1) is 6.26 Å². The van der Waals surface area contributed by atoms with Crippen molar-refractivity contribution in [2.75, 3.05) is 0 Å². The largest absolute Gasteiger partial charge is 0.456 e. The Bertz CT molecular complexity index is 357. The van der Waals surface area contributed by atoms with Gasteiger partial charge in [0.1, 0.15) is 5.60 Å². The Morgan fingerprint density at radius 3 is 2.71 bits per heavy atom. The summed E-state index contributed by atoms with van der Waals surface area (Å²) < 4.78 is 9.91. The summed E-state index contributed by atoms with van der Waals surface area (Å²) in [6.45, 7) is 5.37. The molecular formula is C11H12O3. The fourth-order valence-electron chi connectivity index (χ4n) is 0.766. The molecule has 0 saturated heterocycles. The molecule has 1 aromatic rings. The van der Waals surface area contributed by atoms with Crippen molar-refractivity contribution in [3.63, 3.8) is 0 Å². The van der Waals surface area contributed by atoms with Gasteiger partial charge in [-0.3, -0.25) is 0 Å². The topological polar surface area (TPSA) is 39.4 Å². The first kappa shape index (κ1) is 10.4. The molecule has 14 heavy (non-hydrogen) atoms. The number of furan rings is 1. The van der Waals surface area contributed by atoms with Crippen molar-refractivity contribution >= 4 is 5.97 Å². The lowest BCUT2D eigenvalue weighted by molar-refractivity contribution is -0.147. The Hall–Kier alpha value is -1.69. The van der Waals surface area contributed by atoms with Gasteiger partial charge in [0.25, 0.3) is 0 Å². The van der Waals surface area contributed by atoms with Gasteiger partial charge in [0.15, 0.2) is 5.76 Å². The molecule has 0 N–H and O–H groups in total. The lowest BCUT2D eigenvalue weighted by atomic mass is 10.2. The number of esters is 1. The molecule has 0 radical (unpaired) electrons. The van der Waals surface area contributed by atoms with Crippen LogP contribution in [0.15, 0.2) is 22.8 Å². The second kappa shape index (κ2) is 4.01. The minimum Gasteiger partial charge on any atom is -0.456 e. The third-order valence-electron chi connectivity index (χ3n) is 1.21. The quantitative estimate of drug-likeness (QED) is 0.466. The van der Waals surface area contributed by atoms with Crippen LogP contribution in [0, 0.1) is 11.8 Å². The summed E-state index contributed by atoms with van der Waals surface area (Å²) in [5, 5.41) is 0. The average molecular weight is 192 g/mol. The normalized spacial score (nSPS) is 10.2. The molecule has 0 aliphatic rings. The highest BCUT2D eigenvalue weighted by atomic mass is 16.6. The minimum atomic E-state index is -0.547. The molecule has 0 unspecified atom stereocenters. The monoisotopic (exact) mass is 192 g/mol. The highest BCUT2D eigenvalue weighted by molar-refractivity contribution is 5.89. The Labute approximate surface area is 83.1 Å². The standard InChI is InChI=1S/C11H12O3/c1-11(2,3)14-10(12)7-6-9-5-4-8-13-9/h4-5,8H,1-3H3. The third kappa shape index (κ3) is 3.81. The van der Waals surface area contributed by atoms with E-state index in [0.717, 1.165) is 0 Å². The first-order valence-corrected chi connectivity index (χ1v) is 4.26. The van der Waals surface area contributed by atoms with Gasteiger partial charge in [-0.25, -0.2) is 4.79 Å². The zero-order chi connectivity index (χ0) is 10.6. The molecule has 0 bridgehead atoms. The Morgan fingerprint density at radius 1 is 1.50 bits per heavy atom. The van der Waals surface area contributed by atoms with Gasteiger partial charge in [-0.2, -0.15) is 0 Å². The zero-order valence-electron chi connectivity index (χ0n) is 8.46. The fraction of sp³-hybridized carbons (Fsp3) is 0.364. The van der Waals surface area contributed by atoms with Gasteiger partial charge in [-0.1, -0.05) is 0 Å². The van der Waals surface area contributed by atoms with E-state index < -0.39 is 11.6 Å². The maximum absolute atomic E-state index is 11.1. The molecular weight excluding hydrogens is 180 g/mol. The first-order chi connectivity index (χ1) is 6.47. The van der Waals surface area contributed by atoms with Crippen molar-refractivity contribution in [2.45, 2.75) is 26.4 Å². The van der Waals surface area contributed by atoms with Crippen LogP contribution < -0.4 is 0 Å². The molecule has 1 aromatic heterocycles. The number of hydrogen-bond donors (Lipinski definition) is 0. The smallest absolute Gasteiger partial charge is 0.385 e. The minimum absolute atomic E-state index is 0.454. The molecule has 0 saturated carbocycles. The van der Waals surface area contributed by atoms with Gasteiger partial charge in [0.2, 0.25) is 0 Å². The summed E-state index contributed by atoms with van der Waals surface area (Å²) in [7, 11) is 0. The number of ether oxygens (including phenoxy) is 1. The van der Waals surface area contributed by atoms with Gasteiger partial charge in [0, 0.05) is 5.92 Å². The molecule has 1 rings (SSSR count). The van der Waals surface area contributed by atoms with E-state index in [1.54, 1.807) is 32.9 Å². The van der Waals surface area contributed by atoms with Crippen LogP contribution in [0.4, 0.5) is 0 Å². The van der Waals surface area contributed by atoms with E-state index >= 15 is 0 Å². The number of carbonyl (C=O) groups excluding carboxylic acids is 1. The molecule has 0 atom stereocenters. The van der Waals surface area contributed by atoms with Crippen LogP contribution in [0.2, 0.25) is 0 Å². The van der Waals surface area contributed by atoms with Crippen molar-refractivity contribution in [1.82, 2.24) is 0 Å². The molecule has 0 spiro atoms. The summed E-state index contributed by atoms with van der Waals surface area (Å²) in [5.74, 6) is 4.80. The maximum atomic E-state index is 11.1. The second-order valence-corrected chi connectivity index (χ2v) is 3.73. The van der Waals surface area contributed by atoms with Crippen molar-refractivity contribution < 1.29 is 13.9 Å². The molecule has 3 nitrogen and oxygen atoms in total. The molecule has 0 aliphatic heterocycles. The predicted octanol–water partition coefficient (Wildman–Crippen LogP) is 1.97. The van der Waals surface area contributed by atoms with E-state index in [-0.39, 0.29) is 0 Å². The highest BCUT2D eigenvalue weighted by Gasteiger charge is 2.14. The molecule has 1 heterocycles. The summed E-state index contributed by atoms with van der Waals surface area (Å²) >= 11 is 0. The SMILES string of the molecule is CC(C)(C)OC(=O)C#Cc1ccco1. The summed E-state index contributed by atoms with van der Waals surface area (Å²) in [5.41, 5.74) is -0.505. The average Bonchev–Trinajstić information content (AvgIpc) is 2.49. The van der Waals surface area contributed by atoms with Crippen LogP contribution in [-0.2, 0) is 9.53 Å². The number of rotatable bonds is 0. The molecule has 3 heteroatoms. The lowest BCUT2D eigenvalue weighted by Gasteiger charge is -2.16. The van der Waals surface area contributed by atoms with Crippen LogP contribution in [0.3, 0.4) is 0 Å². The van der Waals surface area contributed by atoms with Gasteiger partial charge in [-0.15, -0.1) is 0 Å². The van der Waals surface area contributed by atoms with E-state index in [2.05, 4.69) is 11.8 Å². The van der Waals surface area contributed by atoms with Crippen molar-refractivity contribution in [1.29, 1.82) is 0 Å². The number of carbonyl (C=O) groups is 1. The third-order valence-corrected chi connectivity index (χ3v) is 1.21. The van der Waals surface area contributed by atoms with Gasteiger partial charge in [-0.05, 0) is 38.8 Å². The fourth-order valence-corrected chi connectivity index (χ4v) is 0.766.